The fourth-order valence-electron chi connectivity index (χ4n) is 1.54. The smallest absolute Gasteiger partial charge is 0.119 e. The van der Waals surface area contributed by atoms with E-state index in [4.69, 9.17) is 9.84 Å². The van der Waals surface area contributed by atoms with E-state index < -0.39 is 0 Å². The van der Waals surface area contributed by atoms with E-state index in [-0.39, 0.29) is 6.61 Å². The lowest BCUT2D eigenvalue weighted by Gasteiger charge is -2.12. The second-order valence-corrected chi connectivity index (χ2v) is 3.94. The number of hydrogen-bond acceptors (Lipinski definition) is 3. The summed E-state index contributed by atoms with van der Waals surface area (Å²) in [4.78, 5) is 0. The summed E-state index contributed by atoms with van der Waals surface area (Å²) in [6, 6.07) is 8.01. The third-order valence-electron chi connectivity index (χ3n) is 2.73. The zero-order chi connectivity index (χ0) is 11.8. The molecule has 90 valence electrons. The predicted molar refractivity (Wildman–Crippen MR) is 65.6 cm³/mol. The third-order valence-corrected chi connectivity index (χ3v) is 2.73. The zero-order valence-electron chi connectivity index (χ0n) is 10.1. The van der Waals surface area contributed by atoms with Gasteiger partial charge in [0.25, 0.3) is 0 Å². The molecule has 0 heterocycles. The number of aliphatic hydroxyl groups excluding tert-OH is 1. The van der Waals surface area contributed by atoms with E-state index in [1.165, 1.54) is 5.56 Å². The molecule has 1 rings (SSSR count). The molecule has 1 unspecified atom stereocenters. The molecule has 1 aromatic rings. The number of benzene rings is 1. The molecule has 0 radical (unpaired) electrons. The van der Waals surface area contributed by atoms with Crippen molar-refractivity contribution in [1.29, 1.82) is 0 Å². The fraction of sp³-hybridized carbons (Fsp3) is 0.538. The van der Waals surface area contributed by atoms with Gasteiger partial charge in [0, 0.05) is 19.7 Å². The van der Waals surface area contributed by atoms with Crippen molar-refractivity contribution in [3.05, 3.63) is 29.8 Å². The van der Waals surface area contributed by atoms with E-state index >= 15 is 0 Å². The Morgan fingerprint density at radius 3 is 2.88 bits per heavy atom. The van der Waals surface area contributed by atoms with Crippen LogP contribution in [0.25, 0.3) is 0 Å². The number of hydrogen-bond donors (Lipinski definition) is 2. The lowest BCUT2D eigenvalue weighted by molar-refractivity contribution is 0.218. The molecule has 3 nitrogen and oxygen atoms in total. The van der Waals surface area contributed by atoms with Crippen LogP contribution in [0.2, 0.25) is 0 Å². The lowest BCUT2D eigenvalue weighted by atomic mass is 10.1. The first kappa shape index (κ1) is 13.0. The highest BCUT2D eigenvalue weighted by Crippen LogP contribution is 2.12. The summed E-state index contributed by atoms with van der Waals surface area (Å²) in [5.74, 6) is 1.24. The monoisotopic (exact) mass is 223 g/mol. The third kappa shape index (κ3) is 4.21. The fourth-order valence-corrected chi connectivity index (χ4v) is 1.54. The Morgan fingerprint density at radius 1 is 1.44 bits per heavy atom. The molecule has 0 saturated carbocycles. The maximum absolute atomic E-state index is 9.05. The second kappa shape index (κ2) is 7.25. The van der Waals surface area contributed by atoms with Crippen molar-refractivity contribution in [3.63, 3.8) is 0 Å². The van der Waals surface area contributed by atoms with Gasteiger partial charge in [0.05, 0.1) is 7.11 Å². The molecule has 3 heteroatoms. The summed E-state index contributed by atoms with van der Waals surface area (Å²) in [6.45, 7) is 4.01. The van der Waals surface area contributed by atoms with Crippen LogP contribution in [0.15, 0.2) is 24.3 Å². The van der Waals surface area contributed by atoms with E-state index in [2.05, 4.69) is 18.3 Å². The van der Waals surface area contributed by atoms with Crippen molar-refractivity contribution in [2.75, 3.05) is 20.3 Å². The number of ether oxygens (including phenoxy) is 1. The summed E-state index contributed by atoms with van der Waals surface area (Å²) >= 11 is 0. The van der Waals surface area contributed by atoms with Gasteiger partial charge >= 0.3 is 0 Å². The Morgan fingerprint density at radius 2 is 2.25 bits per heavy atom. The average molecular weight is 223 g/mol. The van der Waals surface area contributed by atoms with Crippen LogP contribution in [0.3, 0.4) is 0 Å². The van der Waals surface area contributed by atoms with Gasteiger partial charge in [0.15, 0.2) is 0 Å². The average Bonchev–Trinajstić information content (AvgIpc) is 2.35. The highest BCUT2D eigenvalue weighted by atomic mass is 16.5. The molecule has 0 aliphatic heterocycles. The van der Waals surface area contributed by atoms with Gasteiger partial charge in [-0.3, -0.25) is 0 Å². The Labute approximate surface area is 97.4 Å². The molecule has 0 aliphatic carbocycles. The molecule has 1 atom stereocenters. The van der Waals surface area contributed by atoms with Crippen molar-refractivity contribution in [1.82, 2.24) is 5.32 Å². The van der Waals surface area contributed by atoms with E-state index in [9.17, 15) is 0 Å². The first-order valence-corrected chi connectivity index (χ1v) is 5.74. The van der Waals surface area contributed by atoms with Gasteiger partial charge in [-0.05, 0) is 30.0 Å². The van der Waals surface area contributed by atoms with Gasteiger partial charge in [0.1, 0.15) is 5.75 Å². The SMILES string of the molecule is CCC(CO)CNCc1cccc(OC)c1. The summed E-state index contributed by atoms with van der Waals surface area (Å²) in [5, 5.41) is 12.4. The summed E-state index contributed by atoms with van der Waals surface area (Å²) in [5.41, 5.74) is 1.20. The molecule has 2 N–H and O–H groups in total. The highest BCUT2D eigenvalue weighted by molar-refractivity contribution is 5.28. The molecule has 0 aliphatic rings. The summed E-state index contributed by atoms with van der Waals surface area (Å²) in [6.07, 6.45) is 1.00. The molecular formula is C13H21NO2. The molecule has 0 fully saturated rings. The normalized spacial score (nSPS) is 12.4. The zero-order valence-corrected chi connectivity index (χ0v) is 10.1. The van der Waals surface area contributed by atoms with E-state index in [0.717, 1.165) is 25.3 Å². The van der Waals surface area contributed by atoms with Crippen molar-refractivity contribution in [2.24, 2.45) is 5.92 Å². The van der Waals surface area contributed by atoms with Crippen LogP contribution in [0.4, 0.5) is 0 Å². The molecular weight excluding hydrogens is 202 g/mol. The summed E-state index contributed by atoms with van der Waals surface area (Å²) in [7, 11) is 1.67. The Kier molecular flexibility index (Phi) is 5.90. The largest absolute Gasteiger partial charge is 0.497 e. The van der Waals surface area contributed by atoms with Crippen molar-refractivity contribution in [2.45, 2.75) is 19.9 Å². The Hall–Kier alpha value is -1.06. The number of methoxy groups -OCH3 is 1. The van der Waals surface area contributed by atoms with Crippen molar-refractivity contribution >= 4 is 0 Å². The first-order chi connectivity index (χ1) is 7.80. The molecule has 0 amide bonds. The van der Waals surface area contributed by atoms with Crippen molar-refractivity contribution in [3.8, 4) is 5.75 Å². The van der Waals surface area contributed by atoms with Gasteiger partial charge in [-0.25, -0.2) is 0 Å². The molecule has 16 heavy (non-hydrogen) atoms. The van der Waals surface area contributed by atoms with Crippen LogP contribution in [0, 0.1) is 5.92 Å². The molecule has 1 aromatic carbocycles. The van der Waals surface area contributed by atoms with Crippen LogP contribution in [-0.4, -0.2) is 25.4 Å². The van der Waals surface area contributed by atoms with Crippen LogP contribution < -0.4 is 10.1 Å². The van der Waals surface area contributed by atoms with E-state index in [0.29, 0.717) is 5.92 Å². The predicted octanol–water partition coefficient (Wildman–Crippen LogP) is 1.80. The van der Waals surface area contributed by atoms with Crippen LogP contribution in [0.1, 0.15) is 18.9 Å². The van der Waals surface area contributed by atoms with Crippen LogP contribution in [0.5, 0.6) is 5.75 Å². The van der Waals surface area contributed by atoms with Gasteiger partial charge in [-0.2, -0.15) is 0 Å². The number of nitrogens with one attached hydrogen (secondary N) is 1. The minimum absolute atomic E-state index is 0.252. The molecule has 0 saturated heterocycles. The minimum atomic E-state index is 0.252. The van der Waals surface area contributed by atoms with Gasteiger partial charge in [-0.15, -0.1) is 0 Å². The number of rotatable bonds is 7. The van der Waals surface area contributed by atoms with Crippen LogP contribution in [-0.2, 0) is 6.54 Å². The molecule has 0 bridgehead atoms. The highest BCUT2D eigenvalue weighted by Gasteiger charge is 2.03. The second-order valence-electron chi connectivity index (χ2n) is 3.94. The molecule has 0 aromatic heterocycles. The maximum atomic E-state index is 9.05. The van der Waals surface area contributed by atoms with E-state index in [1.54, 1.807) is 7.11 Å². The summed E-state index contributed by atoms with van der Waals surface area (Å²) < 4.78 is 5.16. The standard InChI is InChI=1S/C13H21NO2/c1-3-11(10-15)8-14-9-12-5-4-6-13(7-12)16-2/h4-7,11,14-15H,3,8-10H2,1-2H3. The molecule has 0 spiro atoms. The van der Waals surface area contributed by atoms with Gasteiger partial charge in [-0.1, -0.05) is 19.1 Å². The Balaban J connectivity index is 2.36. The first-order valence-electron chi connectivity index (χ1n) is 5.74. The quantitative estimate of drug-likeness (QED) is 0.740. The maximum Gasteiger partial charge on any atom is 0.119 e. The van der Waals surface area contributed by atoms with Crippen LogP contribution >= 0.6 is 0 Å². The van der Waals surface area contributed by atoms with Gasteiger partial charge in [0.2, 0.25) is 0 Å². The van der Waals surface area contributed by atoms with Crippen molar-refractivity contribution < 1.29 is 9.84 Å². The van der Waals surface area contributed by atoms with Gasteiger partial charge < -0.3 is 15.2 Å². The number of aliphatic hydroxyl groups is 1. The topological polar surface area (TPSA) is 41.5 Å². The Bertz CT molecular complexity index is 298. The van der Waals surface area contributed by atoms with E-state index in [1.807, 2.05) is 18.2 Å². The lowest BCUT2D eigenvalue weighted by Crippen LogP contribution is -2.24. The minimum Gasteiger partial charge on any atom is -0.497 e.